The molecule has 6 heteroatoms. The lowest BCUT2D eigenvalue weighted by molar-refractivity contribution is 0.443. The van der Waals surface area contributed by atoms with Crippen molar-refractivity contribution in [2.75, 3.05) is 13.6 Å². The van der Waals surface area contributed by atoms with Crippen molar-refractivity contribution in [3.05, 3.63) is 18.4 Å². The molecule has 1 atom stereocenters. The molecule has 0 fully saturated rings. The Kier molecular flexibility index (Phi) is 3.68. The summed E-state index contributed by atoms with van der Waals surface area (Å²) in [6.07, 6.45) is 1.33. The zero-order valence-corrected chi connectivity index (χ0v) is 8.97. The molecule has 0 aliphatic heterocycles. The molecule has 14 heavy (non-hydrogen) atoms. The average Bonchev–Trinajstić information content (AvgIpc) is 2.67. The fourth-order valence-electron chi connectivity index (χ4n) is 0.824. The van der Waals surface area contributed by atoms with Gasteiger partial charge in [0.05, 0.1) is 6.26 Å². The fourth-order valence-corrected chi connectivity index (χ4v) is 1.88. The lowest BCUT2D eigenvalue weighted by atomic mass is 10.4. The van der Waals surface area contributed by atoms with Crippen molar-refractivity contribution in [2.24, 2.45) is 0 Å². The average molecular weight is 218 g/mol. The Morgan fingerprint density at radius 2 is 2.29 bits per heavy atom. The molecule has 1 rings (SSSR count). The van der Waals surface area contributed by atoms with E-state index in [4.69, 9.17) is 4.42 Å². The zero-order chi connectivity index (χ0) is 10.6. The largest absolute Gasteiger partial charge is 0.452 e. The smallest absolute Gasteiger partial charge is 0.273 e. The van der Waals surface area contributed by atoms with Gasteiger partial charge in [0.1, 0.15) is 0 Å². The van der Waals surface area contributed by atoms with Crippen LogP contribution in [-0.4, -0.2) is 28.1 Å². The first-order valence-corrected chi connectivity index (χ1v) is 5.75. The molecule has 0 saturated heterocycles. The second-order valence-electron chi connectivity index (χ2n) is 2.97. The SMILES string of the molecule is CNC(C)CNS(=O)(=O)c1ccco1. The van der Waals surface area contributed by atoms with Crippen molar-refractivity contribution in [3.8, 4) is 0 Å². The van der Waals surface area contributed by atoms with Gasteiger partial charge in [-0.25, -0.2) is 13.1 Å². The molecule has 1 aromatic rings. The fraction of sp³-hybridized carbons (Fsp3) is 0.500. The minimum absolute atomic E-state index is 0.0548. The van der Waals surface area contributed by atoms with E-state index >= 15 is 0 Å². The summed E-state index contributed by atoms with van der Waals surface area (Å²) in [5.41, 5.74) is 0. The van der Waals surface area contributed by atoms with Gasteiger partial charge in [-0.2, -0.15) is 0 Å². The zero-order valence-electron chi connectivity index (χ0n) is 8.15. The van der Waals surface area contributed by atoms with Crippen LogP contribution in [0.25, 0.3) is 0 Å². The highest BCUT2D eigenvalue weighted by atomic mass is 32.2. The third kappa shape index (κ3) is 2.83. The summed E-state index contributed by atoms with van der Waals surface area (Å²) in [5.74, 6) is 0. The van der Waals surface area contributed by atoms with Crippen molar-refractivity contribution >= 4 is 10.0 Å². The second kappa shape index (κ2) is 4.59. The highest BCUT2D eigenvalue weighted by Gasteiger charge is 2.16. The van der Waals surface area contributed by atoms with Crippen molar-refractivity contribution in [3.63, 3.8) is 0 Å². The molecular weight excluding hydrogens is 204 g/mol. The van der Waals surface area contributed by atoms with Gasteiger partial charge in [-0.3, -0.25) is 0 Å². The lowest BCUT2D eigenvalue weighted by Crippen LogP contribution is -2.36. The van der Waals surface area contributed by atoms with E-state index in [0.29, 0.717) is 6.54 Å². The number of hydrogen-bond acceptors (Lipinski definition) is 4. The third-order valence-corrected chi connectivity index (χ3v) is 3.14. The number of nitrogens with one attached hydrogen (secondary N) is 2. The molecule has 0 saturated carbocycles. The molecule has 0 aliphatic rings. The number of likely N-dealkylation sites (N-methyl/N-ethyl adjacent to an activating group) is 1. The van der Waals surface area contributed by atoms with Gasteiger partial charge in [0.15, 0.2) is 0 Å². The van der Waals surface area contributed by atoms with Gasteiger partial charge in [0.2, 0.25) is 5.09 Å². The van der Waals surface area contributed by atoms with E-state index in [1.807, 2.05) is 6.92 Å². The third-order valence-electron chi connectivity index (χ3n) is 1.83. The minimum atomic E-state index is -3.48. The van der Waals surface area contributed by atoms with Gasteiger partial charge in [-0.05, 0) is 26.1 Å². The van der Waals surface area contributed by atoms with E-state index in [1.54, 1.807) is 7.05 Å². The van der Waals surface area contributed by atoms with E-state index in [9.17, 15) is 8.42 Å². The summed E-state index contributed by atoms with van der Waals surface area (Å²) in [6.45, 7) is 2.21. The summed E-state index contributed by atoms with van der Waals surface area (Å²) in [6, 6.07) is 3.03. The van der Waals surface area contributed by atoms with Gasteiger partial charge >= 0.3 is 0 Å². The van der Waals surface area contributed by atoms with E-state index in [1.165, 1.54) is 18.4 Å². The van der Waals surface area contributed by atoms with Crippen LogP contribution in [0, 0.1) is 0 Å². The molecule has 0 radical (unpaired) electrons. The van der Waals surface area contributed by atoms with Crippen LogP contribution >= 0.6 is 0 Å². The molecule has 0 bridgehead atoms. The minimum Gasteiger partial charge on any atom is -0.452 e. The molecule has 1 unspecified atom stereocenters. The Hall–Kier alpha value is -0.850. The van der Waals surface area contributed by atoms with Crippen LogP contribution in [0.15, 0.2) is 27.9 Å². The summed E-state index contributed by atoms with van der Waals surface area (Å²) in [7, 11) is -1.71. The van der Waals surface area contributed by atoms with Gasteiger partial charge in [0, 0.05) is 12.6 Å². The molecule has 2 N–H and O–H groups in total. The maximum atomic E-state index is 11.5. The molecule has 1 heterocycles. The molecule has 80 valence electrons. The predicted molar refractivity (Wildman–Crippen MR) is 52.4 cm³/mol. The van der Waals surface area contributed by atoms with E-state index in [2.05, 4.69) is 10.0 Å². The molecule has 5 nitrogen and oxygen atoms in total. The van der Waals surface area contributed by atoms with Crippen molar-refractivity contribution in [1.82, 2.24) is 10.0 Å². The van der Waals surface area contributed by atoms with Crippen LogP contribution in [0.3, 0.4) is 0 Å². The predicted octanol–water partition coefficient (Wildman–Crippen LogP) is 0.166. The Bertz CT molecular complexity index is 358. The van der Waals surface area contributed by atoms with E-state index < -0.39 is 10.0 Å². The van der Waals surface area contributed by atoms with Gasteiger partial charge in [-0.15, -0.1) is 0 Å². The summed E-state index contributed by atoms with van der Waals surface area (Å²) in [5, 5.41) is 2.87. The van der Waals surface area contributed by atoms with Crippen LogP contribution < -0.4 is 10.0 Å². The maximum absolute atomic E-state index is 11.5. The van der Waals surface area contributed by atoms with Crippen LogP contribution in [0.4, 0.5) is 0 Å². The first-order chi connectivity index (χ1) is 6.56. The van der Waals surface area contributed by atoms with Crippen LogP contribution in [0.1, 0.15) is 6.92 Å². The topological polar surface area (TPSA) is 71.3 Å². The van der Waals surface area contributed by atoms with Gasteiger partial charge < -0.3 is 9.73 Å². The molecule has 1 aromatic heterocycles. The first kappa shape index (κ1) is 11.2. The maximum Gasteiger partial charge on any atom is 0.273 e. The Morgan fingerprint density at radius 3 is 2.79 bits per heavy atom. The molecule has 0 amide bonds. The van der Waals surface area contributed by atoms with Gasteiger partial charge in [-0.1, -0.05) is 0 Å². The highest BCUT2D eigenvalue weighted by molar-refractivity contribution is 7.89. The first-order valence-electron chi connectivity index (χ1n) is 4.26. The van der Waals surface area contributed by atoms with Crippen LogP contribution in [0.5, 0.6) is 0 Å². The van der Waals surface area contributed by atoms with Crippen LogP contribution in [-0.2, 0) is 10.0 Å². The van der Waals surface area contributed by atoms with Crippen molar-refractivity contribution in [1.29, 1.82) is 0 Å². The summed E-state index contributed by atoms with van der Waals surface area (Å²) in [4.78, 5) is 0. The number of furan rings is 1. The Balaban J connectivity index is 2.60. The van der Waals surface area contributed by atoms with Crippen molar-refractivity contribution in [2.45, 2.75) is 18.1 Å². The monoisotopic (exact) mass is 218 g/mol. The van der Waals surface area contributed by atoms with E-state index in [-0.39, 0.29) is 11.1 Å². The summed E-state index contributed by atoms with van der Waals surface area (Å²) < 4.78 is 30.2. The number of rotatable bonds is 5. The lowest BCUT2D eigenvalue weighted by Gasteiger charge is -2.10. The Morgan fingerprint density at radius 1 is 1.57 bits per heavy atom. The van der Waals surface area contributed by atoms with Crippen molar-refractivity contribution < 1.29 is 12.8 Å². The second-order valence-corrected chi connectivity index (χ2v) is 4.67. The number of sulfonamides is 1. The molecule has 0 aliphatic carbocycles. The number of hydrogen-bond donors (Lipinski definition) is 2. The van der Waals surface area contributed by atoms with E-state index in [0.717, 1.165) is 0 Å². The standard InChI is InChI=1S/C8H14N2O3S/c1-7(9-2)6-10-14(11,12)8-4-3-5-13-8/h3-5,7,9-10H,6H2,1-2H3. The highest BCUT2D eigenvalue weighted by Crippen LogP contribution is 2.07. The normalized spacial score (nSPS) is 14.1. The summed E-state index contributed by atoms with van der Waals surface area (Å²) >= 11 is 0. The van der Waals surface area contributed by atoms with Gasteiger partial charge in [0.25, 0.3) is 10.0 Å². The Labute approximate surface area is 83.5 Å². The molecule has 0 spiro atoms. The van der Waals surface area contributed by atoms with Crippen LogP contribution in [0.2, 0.25) is 0 Å². The quantitative estimate of drug-likeness (QED) is 0.739. The molecule has 0 aromatic carbocycles. The molecular formula is C8H14N2O3S.